The molecule has 0 aliphatic carbocycles. The molecular formula is C11H9Br2ClN3O4P. The first-order valence-electron chi connectivity index (χ1n) is 5.69. The van der Waals surface area contributed by atoms with Crippen LogP contribution in [-0.4, -0.2) is 25.2 Å². The summed E-state index contributed by atoms with van der Waals surface area (Å²) < 4.78 is 11.8. The number of halogens is 3. The van der Waals surface area contributed by atoms with Crippen LogP contribution in [0.25, 0.3) is 0 Å². The van der Waals surface area contributed by atoms with E-state index in [2.05, 4.69) is 42.3 Å². The Hall–Kier alpha value is -0.700. The number of nitrogens with one attached hydrogen (secondary N) is 1. The van der Waals surface area contributed by atoms with Crippen molar-refractivity contribution in [2.45, 2.75) is 6.92 Å². The normalized spacial score (nSPS) is 11.5. The Kier molecular flexibility index (Phi) is 5.16. The number of aromatic nitrogens is 2. The van der Waals surface area contributed by atoms with Crippen LogP contribution in [0.4, 0.5) is 5.69 Å². The maximum atomic E-state index is 12.2. The summed E-state index contributed by atoms with van der Waals surface area (Å²) in [7, 11) is -4.68. The van der Waals surface area contributed by atoms with Crippen molar-refractivity contribution in [3.63, 3.8) is 0 Å². The molecule has 22 heavy (non-hydrogen) atoms. The summed E-state index contributed by atoms with van der Waals surface area (Å²) in [6, 6.07) is 5.07. The summed E-state index contributed by atoms with van der Waals surface area (Å²) in [5.74, 6) is -0.662. The molecule has 0 unspecified atom stereocenters. The number of anilines is 1. The third-order valence-corrected chi connectivity index (χ3v) is 5.98. The molecule has 2 aromatic rings. The summed E-state index contributed by atoms with van der Waals surface area (Å²) in [6.45, 7) is 1.85. The first kappa shape index (κ1) is 17.7. The average molecular weight is 473 g/mol. The standard InChI is InChI=1S/C11H9Br2ClN3O4P/c1-5-2-3-7(6(14)4-5)15-11(18)9-8(12)10(13)17(16-9)22(19,20)21/h2-4H,1H3,(H,15,18)(H2,19,20,21). The monoisotopic (exact) mass is 471 g/mol. The van der Waals surface area contributed by atoms with Gasteiger partial charge in [0.15, 0.2) is 5.69 Å². The van der Waals surface area contributed by atoms with E-state index in [1.807, 2.05) is 6.92 Å². The molecule has 7 nitrogen and oxygen atoms in total. The zero-order valence-electron chi connectivity index (χ0n) is 10.9. The lowest BCUT2D eigenvalue weighted by atomic mass is 10.2. The van der Waals surface area contributed by atoms with Gasteiger partial charge in [0, 0.05) is 0 Å². The van der Waals surface area contributed by atoms with Crippen LogP contribution >= 0.6 is 51.2 Å². The van der Waals surface area contributed by atoms with E-state index < -0.39 is 13.7 Å². The highest BCUT2D eigenvalue weighted by atomic mass is 79.9. The first-order valence-corrected chi connectivity index (χ1v) is 9.22. The molecule has 118 valence electrons. The number of aryl methyl sites for hydroxylation is 1. The number of rotatable bonds is 3. The van der Waals surface area contributed by atoms with Gasteiger partial charge in [0.25, 0.3) is 5.91 Å². The fourth-order valence-corrected chi connectivity index (χ4v) is 3.86. The van der Waals surface area contributed by atoms with Gasteiger partial charge in [-0.25, -0.2) is 4.57 Å². The zero-order valence-corrected chi connectivity index (χ0v) is 15.7. The maximum absolute atomic E-state index is 12.2. The molecule has 1 aromatic heterocycles. The molecule has 0 aliphatic heterocycles. The second-order valence-corrected chi connectivity index (χ2v) is 7.65. The van der Waals surface area contributed by atoms with Crippen molar-refractivity contribution in [2.24, 2.45) is 0 Å². The molecule has 11 heteroatoms. The molecule has 0 atom stereocenters. The highest BCUT2D eigenvalue weighted by Gasteiger charge is 2.28. The van der Waals surface area contributed by atoms with Gasteiger partial charge in [-0.15, -0.1) is 0 Å². The van der Waals surface area contributed by atoms with E-state index in [1.165, 1.54) is 0 Å². The fraction of sp³-hybridized carbons (Fsp3) is 0.0909. The minimum absolute atomic E-state index is 0.0408. The van der Waals surface area contributed by atoms with Crippen LogP contribution in [-0.2, 0) is 4.57 Å². The molecule has 0 saturated heterocycles. The Bertz CT molecular complexity index is 805. The van der Waals surface area contributed by atoms with Crippen LogP contribution in [0.5, 0.6) is 0 Å². The lowest BCUT2D eigenvalue weighted by molar-refractivity contribution is 0.102. The van der Waals surface area contributed by atoms with Crippen LogP contribution in [0.2, 0.25) is 5.02 Å². The lowest BCUT2D eigenvalue weighted by Crippen LogP contribution is -2.14. The molecule has 0 fully saturated rings. The van der Waals surface area contributed by atoms with Crippen molar-refractivity contribution >= 4 is 62.8 Å². The highest BCUT2D eigenvalue weighted by Crippen LogP contribution is 2.42. The van der Waals surface area contributed by atoms with E-state index in [9.17, 15) is 9.36 Å². The topological polar surface area (TPSA) is 104 Å². The smallest absolute Gasteiger partial charge is 0.319 e. The van der Waals surface area contributed by atoms with Gasteiger partial charge in [-0.05, 0) is 56.5 Å². The van der Waals surface area contributed by atoms with E-state index in [0.717, 1.165) is 5.56 Å². The molecule has 0 saturated carbocycles. The van der Waals surface area contributed by atoms with Crippen LogP contribution in [0, 0.1) is 6.92 Å². The number of benzene rings is 1. The number of hydrogen-bond donors (Lipinski definition) is 3. The Morgan fingerprint density at radius 3 is 2.55 bits per heavy atom. The molecular weight excluding hydrogens is 464 g/mol. The van der Waals surface area contributed by atoms with Gasteiger partial charge in [0.05, 0.1) is 15.2 Å². The van der Waals surface area contributed by atoms with E-state index in [4.69, 9.17) is 21.4 Å². The first-order chi connectivity index (χ1) is 10.1. The number of carbonyl (C=O) groups excluding carboxylic acids is 1. The number of hydrogen-bond acceptors (Lipinski definition) is 3. The van der Waals surface area contributed by atoms with E-state index in [1.54, 1.807) is 18.2 Å². The molecule has 2 rings (SSSR count). The van der Waals surface area contributed by atoms with Gasteiger partial charge < -0.3 is 15.1 Å². The zero-order chi connectivity index (χ0) is 16.7. The highest BCUT2D eigenvalue weighted by molar-refractivity contribution is 9.13. The predicted octanol–water partition coefficient (Wildman–Crippen LogP) is 3.56. The molecule has 1 heterocycles. The third kappa shape index (κ3) is 3.61. The Balaban J connectivity index is 2.36. The lowest BCUT2D eigenvalue weighted by Gasteiger charge is -2.06. The van der Waals surface area contributed by atoms with Gasteiger partial charge in [-0.3, -0.25) is 4.79 Å². The Morgan fingerprint density at radius 2 is 2.05 bits per heavy atom. The molecule has 0 aliphatic rings. The van der Waals surface area contributed by atoms with Crippen molar-refractivity contribution in [3.8, 4) is 0 Å². The number of nitrogens with zero attached hydrogens (tertiary/aromatic N) is 2. The molecule has 0 bridgehead atoms. The van der Waals surface area contributed by atoms with Crippen LogP contribution < -0.4 is 5.32 Å². The second-order valence-electron chi connectivity index (χ2n) is 4.29. The van der Waals surface area contributed by atoms with Gasteiger partial charge in [0.2, 0.25) is 0 Å². The molecule has 1 amide bonds. The molecule has 3 N–H and O–H groups in total. The van der Waals surface area contributed by atoms with E-state index in [-0.39, 0.29) is 14.8 Å². The SMILES string of the molecule is Cc1ccc(NC(=O)c2nn(P(=O)(O)O)c(Br)c2Br)c(Cl)c1. The van der Waals surface area contributed by atoms with Crippen molar-refractivity contribution in [1.29, 1.82) is 0 Å². The number of carbonyl (C=O) groups is 1. The van der Waals surface area contributed by atoms with Crippen LogP contribution in [0.3, 0.4) is 0 Å². The molecule has 0 radical (unpaired) electrons. The molecule has 1 aromatic carbocycles. The Labute approximate surface area is 147 Å². The summed E-state index contributed by atoms with van der Waals surface area (Å²) >= 11 is 12.1. The summed E-state index contributed by atoms with van der Waals surface area (Å²) in [6.07, 6.45) is 0. The second kappa shape index (κ2) is 6.43. The van der Waals surface area contributed by atoms with Crippen molar-refractivity contribution in [2.75, 3.05) is 5.32 Å². The van der Waals surface area contributed by atoms with Gasteiger partial charge in [-0.1, -0.05) is 17.7 Å². The maximum Gasteiger partial charge on any atom is 0.450 e. The number of amides is 1. The summed E-state index contributed by atoms with van der Waals surface area (Å²) in [5.41, 5.74) is 1.11. The molecule has 0 spiro atoms. The minimum Gasteiger partial charge on any atom is -0.319 e. The quantitative estimate of drug-likeness (QED) is 0.592. The largest absolute Gasteiger partial charge is 0.450 e. The fourth-order valence-electron chi connectivity index (χ4n) is 1.59. The minimum atomic E-state index is -4.68. The average Bonchev–Trinajstić information content (AvgIpc) is 2.69. The van der Waals surface area contributed by atoms with Gasteiger partial charge in [-0.2, -0.15) is 9.55 Å². The van der Waals surface area contributed by atoms with Gasteiger partial charge >= 0.3 is 7.75 Å². The summed E-state index contributed by atoms with van der Waals surface area (Å²) in [5, 5.41) is 6.51. The van der Waals surface area contributed by atoms with Crippen LogP contribution in [0.1, 0.15) is 16.1 Å². The Morgan fingerprint density at radius 1 is 1.41 bits per heavy atom. The van der Waals surface area contributed by atoms with Crippen LogP contribution in [0.15, 0.2) is 27.3 Å². The van der Waals surface area contributed by atoms with Crippen molar-refractivity contribution in [1.82, 2.24) is 9.55 Å². The summed E-state index contributed by atoms with van der Waals surface area (Å²) in [4.78, 5) is 30.5. The van der Waals surface area contributed by atoms with Gasteiger partial charge in [0.1, 0.15) is 4.60 Å². The van der Waals surface area contributed by atoms with Crippen molar-refractivity contribution < 1.29 is 19.1 Å². The third-order valence-electron chi connectivity index (χ3n) is 2.59. The van der Waals surface area contributed by atoms with E-state index in [0.29, 0.717) is 15.2 Å². The predicted molar refractivity (Wildman–Crippen MR) is 89.2 cm³/mol. The van der Waals surface area contributed by atoms with E-state index >= 15 is 0 Å². The van der Waals surface area contributed by atoms with Crippen molar-refractivity contribution in [3.05, 3.63) is 43.6 Å².